The van der Waals surface area contributed by atoms with Gasteiger partial charge >= 0.3 is 0 Å². The van der Waals surface area contributed by atoms with Gasteiger partial charge in [0, 0.05) is 11.8 Å². The third kappa shape index (κ3) is 1.12. The summed E-state index contributed by atoms with van der Waals surface area (Å²) in [6.07, 6.45) is 8.43. The summed E-state index contributed by atoms with van der Waals surface area (Å²) in [4.78, 5) is 11.3. The minimum atomic E-state index is -0.419. The largest absolute Gasteiger partial charge is 0.389 e. The Kier molecular flexibility index (Phi) is 1.85. The van der Waals surface area contributed by atoms with Gasteiger partial charge in [0.25, 0.3) is 0 Å². The Morgan fingerprint density at radius 3 is 2.83 bits per heavy atom. The van der Waals surface area contributed by atoms with Crippen molar-refractivity contribution in [2.45, 2.75) is 18.9 Å². The highest BCUT2D eigenvalue weighted by Gasteiger charge is 2.34. The molecule has 3 unspecified atom stereocenters. The number of aliphatic hydroxyl groups is 1. The first kappa shape index (κ1) is 7.74. The zero-order chi connectivity index (χ0) is 8.55. The van der Waals surface area contributed by atoms with Gasteiger partial charge in [-0.05, 0) is 18.9 Å². The third-order valence-electron chi connectivity index (χ3n) is 2.74. The summed E-state index contributed by atoms with van der Waals surface area (Å²) in [6.45, 7) is 0. The lowest BCUT2D eigenvalue weighted by atomic mass is 9.74. The standard InChI is InChI=1S/C10H12O2/c11-9-5-6-10(12)8-4-2-1-3-7(8)9/h1-2,5-9,11H,3-4H2. The highest BCUT2D eigenvalue weighted by molar-refractivity contribution is 5.93. The van der Waals surface area contributed by atoms with Crippen LogP contribution in [-0.4, -0.2) is 17.0 Å². The molecule has 0 spiro atoms. The van der Waals surface area contributed by atoms with Gasteiger partial charge in [0.05, 0.1) is 6.10 Å². The van der Waals surface area contributed by atoms with Crippen molar-refractivity contribution in [3.8, 4) is 0 Å². The summed E-state index contributed by atoms with van der Waals surface area (Å²) in [7, 11) is 0. The molecule has 0 amide bonds. The van der Waals surface area contributed by atoms with Gasteiger partial charge in [-0.3, -0.25) is 4.79 Å². The molecular weight excluding hydrogens is 152 g/mol. The van der Waals surface area contributed by atoms with Crippen molar-refractivity contribution in [2.24, 2.45) is 11.8 Å². The number of carbonyl (C=O) groups is 1. The van der Waals surface area contributed by atoms with Crippen molar-refractivity contribution >= 4 is 5.78 Å². The van der Waals surface area contributed by atoms with Gasteiger partial charge in [0.15, 0.2) is 5.78 Å². The van der Waals surface area contributed by atoms with Gasteiger partial charge in [-0.2, -0.15) is 0 Å². The molecule has 0 aromatic rings. The fourth-order valence-electron chi connectivity index (χ4n) is 2.00. The van der Waals surface area contributed by atoms with Gasteiger partial charge in [0.1, 0.15) is 0 Å². The molecule has 64 valence electrons. The molecular formula is C10H12O2. The lowest BCUT2D eigenvalue weighted by Gasteiger charge is -2.31. The summed E-state index contributed by atoms with van der Waals surface area (Å²) in [5.41, 5.74) is 0. The van der Waals surface area contributed by atoms with E-state index in [1.54, 1.807) is 6.08 Å². The second-order valence-electron chi connectivity index (χ2n) is 3.47. The van der Waals surface area contributed by atoms with Crippen LogP contribution in [0.5, 0.6) is 0 Å². The fourth-order valence-corrected chi connectivity index (χ4v) is 2.00. The van der Waals surface area contributed by atoms with E-state index in [0.29, 0.717) is 0 Å². The predicted octanol–water partition coefficient (Wildman–Crippen LogP) is 1.07. The van der Waals surface area contributed by atoms with Crippen molar-refractivity contribution in [3.63, 3.8) is 0 Å². The second-order valence-corrected chi connectivity index (χ2v) is 3.47. The van der Waals surface area contributed by atoms with E-state index in [1.807, 2.05) is 6.08 Å². The maximum atomic E-state index is 11.3. The molecule has 0 fully saturated rings. The molecule has 0 aromatic heterocycles. The summed E-state index contributed by atoms with van der Waals surface area (Å²) in [5.74, 6) is 0.345. The Labute approximate surface area is 71.6 Å². The predicted molar refractivity (Wildman–Crippen MR) is 45.5 cm³/mol. The Balaban J connectivity index is 2.26. The number of aliphatic hydroxyl groups excluding tert-OH is 1. The zero-order valence-corrected chi connectivity index (χ0v) is 6.81. The molecule has 3 atom stereocenters. The van der Waals surface area contributed by atoms with E-state index in [9.17, 15) is 9.90 Å². The molecule has 2 rings (SSSR count). The summed E-state index contributed by atoms with van der Waals surface area (Å²) >= 11 is 0. The van der Waals surface area contributed by atoms with Gasteiger partial charge < -0.3 is 5.11 Å². The van der Waals surface area contributed by atoms with E-state index >= 15 is 0 Å². The number of hydrogen-bond donors (Lipinski definition) is 1. The van der Waals surface area contributed by atoms with Crippen LogP contribution in [-0.2, 0) is 4.79 Å². The molecule has 0 bridgehead atoms. The molecule has 0 aromatic carbocycles. The van der Waals surface area contributed by atoms with Crippen LogP contribution < -0.4 is 0 Å². The van der Waals surface area contributed by atoms with Crippen LogP contribution in [0, 0.1) is 11.8 Å². The van der Waals surface area contributed by atoms with Crippen LogP contribution in [0.1, 0.15) is 12.8 Å². The minimum Gasteiger partial charge on any atom is -0.389 e. The number of ketones is 1. The summed E-state index contributed by atoms with van der Waals surface area (Å²) < 4.78 is 0. The number of carbonyl (C=O) groups excluding carboxylic acids is 1. The van der Waals surface area contributed by atoms with Crippen LogP contribution in [0.15, 0.2) is 24.3 Å². The first-order chi connectivity index (χ1) is 5.79. The highest BCUT2D eigenvalue weighted by Crippen LogP contribution is 2.32. The Morgan fingerprint density at radius 1 is 1.33 bits per heavy atom. The Bertz CT molecular complexity index is 253. The van der Waals surface area contributed by atoms with Gasteiger partial charge in [-0.15, -0.1) is 0 Å². The van der Waals surface area contributed by atoms with Crippen LogP contribution in [0.3, 0.4) is 0 Å². The number of fused-ring (bicyclic) bond motifs is 1. The van der Waals surface area contributed by atoms with E-state index in [1.165, 1.54) is 6.08 Å². The lowest BCUT2D eigenvalue weighted by Crippen LogP contribution is -2.35. The van der Waals surface area contributed by atoms with Crippen LogP contribution >= 0.6 is 0 Å². The van der Waals surface area contributed by atoms with Crippen molar-refractivity contribution in [3.05, 3.63) is 24.3 Å². The first-order valence-corrected chi connectivity index (χ1v) is 4.34. The van der Waals surface area contributed by atoms with Gasteiger partial charge in [0.2, 0.25) is 0 Å². The van der Waals surface area contributed by atoms with Crippen molar-refractivity contribution in [1.82, 2.24) is 0 Å². The van der Waals surface area contributed by atoms with Crippen molar-refractivity contribution in [1.29, 1.82) is 0 Å². The number of hydrogen-bond acceptors (Lipinski definition) is 2. The third-order valence-corrected chi connectivity index (χ3v) is 2.74. The van der Waals surface area contributed by atoms with E-state index in [-0.39, 0.29) is 17.6 Å². The molecule has 0 radical (unpaired) electrons. The number of allylic oxidation sites excluding steroid dienone is 3. The van der Waals surface area contributed by atoms with Gasteiger partial charge in [-0.25, -0.2) is 0 Å². The van der Waals surface area contributed by atoms with Crippen LogP contribution in [0.2, 0.25) is 0 Å². The average molecular weight is 164 g/mol. The lowest BCUT2D eigenvalue weighted by molar-refractivity contribution is -0.122. The van der Waals surface area contributed by atoms with Crippen molar-refractivity contribution < 1.29 is 9.90 Å². The maximum absolute atomic E-state index is 11.3. The maximum Gasteiger partial charge on any atom is 0.159 e. The quantitative estimate of drug-likeness (QED) is 0.544. The first-order valence-electron chi connectivity index (χ1n) is 4.34. The molecule has 2 aliphatic rings. The second kappa shape index (κ2) is 2.87. The molecule has 0 aliphatic heterocycles. The molecule has 12 heavy (non-hydrogen) atoms. The van der Waals surface area contributed by atoms with E-state index in [2.05, 4.69) is 6.08 Å². The molecule has 0 saturated heterocycles. The normalized spacial score (nSPS) is 39.8. The molecule has 2 heteroatoms. The van der Waals surface area contributed by atoms with Crippen LogP contribution in [0.4, 0.5) is 0 Å². The van der Waals surface area contributed by atoms with E-state index in [4.69, 9.17) is 0 Å². The zero-order valence-electron chi connectivity index (χ0n) is 6.81. The molecule has 1 N–H and O–H groups in total. The Hall–Kier alpha value is -0.890. The van der Waals surface area contributed by atoms with E-state index < -0.39 is 6.10 Å². The smallest absolute Gasteiger partial charge is 0.159 e. The van der Waals surface area contributed by atoms with Gasteiger partial charge in [-0.1, -0.05) is 18.2 Å². The summed E-state index contributed by atoms with van der Waals surface area (Å²) in [5, 5.41) is 9.55. The molecule has 2 nitrogen and oxygen atoms in total. The highest BCUT2D eigenvalue weighted by atomic mass is 16.3. The fraction of sp³-hybridized carbons (Fsp3) is 0.500. The number of rotatable bonds is 0. The average Bonchev–Trinajstić information content (AvgIpc) is 2.12. The minimum absolute atomic E-state index is 0.0370. The van der Waals surface area contributed by atoms with Crippen LogP contribution in [0.25, 0.3) is 0 Å². The summed E-state index contributed by atoms with van der Waals surface area (Å²) in [6, 6.07) is 0. The van der Waals surface area contributed by atoms with Crippen molar-refractivity contribution in [2.75, 3.05) is 0 Å². The Morgan fingerprint density at radius 2 is 2.08 bits per heavy atom. The molecule has 0 saturated carbocycles. The molecule has 2 aliphatic carbocycles. The van der Waals surface area contributed by atoms with E-state index in [0.717, 1.165) is 12.8 Å². The topological polar surface area (TPSA) is 37.3 Å². The SMILES string of the molecule is O=C1C=CC(O)C2CC=CCC12. The molecule has 0 heterocycles. The monoisotopic (exact) mass is 164 g/mol.